The van der Waals surface area contributed by atoms with Crippen LogP contribution in [-0.2, 0) is 6.18 Å². The first-order chi connectivity index (χ1) is 6.89. The van der Waals surface area contributed by atoms with Gasteiger partial charge in [-0.3, -0.25) is 0 Å². The van der Waals surface area contributed by atoms with Gasteiger partial charge in [0.15, 0.2) is 11.6 Å². The van der Waals surface area contributed by atoms with Crippen molar-refractivity contribution in [3.05, 3.63) is 17.3 Å². The van der Waals surface area contributed by atoms with E-state index in [1.54, 1.807) is 13.8 Å². The van der Waals surface area contributed by atoms with Gasteiger partial charge in [-0.1, -0.05) is 13.8 Å². The van der Waals surface area contributed by atoms with E-state index in [1.807, 2.05) is 0 Å². The van der Waals surface area contributed by atoms with Gasteiger partial charge in [-0.2, -0.15) is 13.2 Å². The van der Waals surface area contributed by atoms with Crippen LogP contribution in [0, 0.1) is 0 Å². The summed E-state index contributed by atoms with van der Waals surface area (Å²) in [4.78, 5) is 3.57. The van der Waals surface area contributed by atoms with E-state index in [0.717, 1.165) is 12.8 Å². The second kappa shape index (κ2) is 3.25. The lowest BCUT2D eigenvalue weighted by Crippen LogP contribution is -2.09. The van der Waals surface area contributed by atoms with Gasteiger partial charge in [0.1, 0.15) is 5.76 Å². The third-order valence-corrected chi connectivity index (χ3v) is 2.39. The van der Waals surface area contributed by atoms with Gasteiger partial charge in [0.2, 0.25) is 0 Å². The van der Waals surface area contributed by atoms with Gasteiger partial charge >= 0.3 is 6.18 Å². The van der Waals surface area contributed by atoms with Gasteiger partial charge in [-0.15, -0.1) is 0 Å². The average Bonchev–Trinajstić information content (AvgIpc) is 2.81. The fraction of sp³-hybridized carbons (Fsp3) is 0.700. The number of alkyl halides is 3. The van der Waals surface area contributed by atoms with Crippen molar-refractivity contribution < 1.29 is 17.6 Å². The standard InChI is InChI=1S/C10H12F3NO/c1-5(2)7-8(10(11,12)13)14-9(15-7)6-3-4-6/h5-6H,3-4H2,1-2H3. The molecule has 0 unspecified atom stereocenters. The topological polar surface area (TPSA) is 26.0 Å². The van der Waals surface area contributed by atoms with E-state index in [1.165, 1.54) is 0 Å². The Balaban J connectivity index is 2.41. The van der Waals surface area contributed by atoms with E-state index in [4.69, 9.17) is 4.42 Å². The zero-order valence-corrected chi connectivity index (χ0v) is 8.56. The van der Waals surface area contributed by atoms with E-state index in [0.29, 0.717) is 0 Å². The number of aromatic nitrogens is 1. The molecule has 2 nitrogen and oxygen atoms in total. The smallest absolute Gasteiger partial charge is 0.436 e. The molecular weight excluding hydrogens is 207 g/mol. The minimum atomic E-state index is -4.41. The van der Waals surface area contributed by atoms with Crippen molar-refractivity contribution in [3.8, 4) is 0 Å². The van der Waals surface area contributed by atoms with Gasteiger partial charge < -0.3 is 4.42 Å². The molecule has 1 aromatic heterocycles. The Morgan fingerprint density at radius 2 is 1.93 bits per heavy atom. The van der Waals surface area contributed by atoms with Crippen molar-refractivity contribution in [2.75, 3.05) is 0 Å². The van der Waals surface area contributed by atoms with Crippen molar-refractivity contribution in [1.29, 1.82) is 0 Å². The van der Waals surface area contributed by atoms with Crippen LogP contribution < -0.4 is 0 Å². The fourth-order valence-corrected chi connectivity index (χ4v) is 1.45. The molecule has 5 heteroatoms. The Kier molecular flexibility index (Phi) is 2.28. The molecule has 1 heterocycles. The molecule has 0 saturated heterocycles. The Hall–Kier alpha value is -1.00. The summed E-state index contributed by atoms with van der Waals surface area (Å²) in [6.07, 6.45) is -2.64. The lowest BCUT2D eigenvalue weighted by atomic mass is 10.1. The van der Waals surface area contributed by atoms with Gasteiger partial charge in [0.05, 0.1) is 0 Å². The molecule has 1 saturated carbocycles. The second-order valence-corrected chi connectivity index (χ2v) is 4.19. The van der Waals surface area contributed by atoms with Gasteiger partial charge in [-0.25, -0.2) is 4.98 Å². The summed E-state index contributed by atoms with van der Waals surface area (Å²) in [5, 5.41) is 0. The van der Waals surface area contributed by atoms with Crippen LogP contribution in [0.5, 0.6) is 0 Å². The fourth-order valence-electron chi connectivity index (χ4n) is 1.45. The molecule has 1 aromatic rings. The summed E-state index contributed by atoms with van der Waals surface area (Å²) in [6, 6.07) is 0. The summed E-state index contributed by atoms with van der Waals surface area (Å²) in [5.74, 6) is 0.0376. The number of hydrogen-bond donors (Lipinski definition) is 0. The zero-order chi connectivity index (χ0) is 11.2. The summed E-state index contributed by atoms with van der Waals surface area (Å²) >= 11 is 0. The maximum absolute atomic E-state index is 12.6. The van der Waals surface area contributed by atoms with Crippen LogP contribution in [0.15, 0.2) is 4.42 Å². The Morgan fingerprint density at radius 1 is 1.33 bits per heavy atom. The third kappa shape index (κ3) is 2.01. The van der Waals surface area contributed by atoms with E-state index < -0.39 is 11.9 Å². The largest absolute Gasteiger partial charge is 0.444 e. The minimum absolute atomic E-state index is 0.0376. The highest BCUT2D eigenvalue weighted by Gasteiger charge is 2.41. The molecule has 0 aliphatic heterocycles. The van der Waals surface area contributed by atoms with Crippen molar-refractivity contribution >= 4 is 0 Å². The quantitative estimate of drug-likeness (QED) is 0.758. The molecule has 1 aliphatic rings. The zero-order valence-electron chi connectivity index (χ0n) is 8.56. The molecule has 0 amide bonds. The van der Waals surface area contributed by atoms with E-state index in [2.05, 4.69) is 4.98 Å². The second-order valence-electron chi connectivity index (χ2n) is 4.19. The molecule has 0 N–H and O–H groups in total. The summed E-state index contributed by atoms with van der Waals surface area (Å²) in [7, 11) is 0. The molecule has 0 atom stereocenters. The van der Waals surface area contributed by atoms with Crippen LogP contribution >= 0.6 is 0 Å². The van der Waals surface area contributed by atoms with Crippen LogP contribution in [-0.4, -0.2) is 4.98 Å². The Morgan fingerprint density at radius 3 is 2.27 bits per heavy atom. The van der Waals surface area contributed by atoms with Crippen molar-refractivity contribution in [2.24, 2.45) is 0 Å². The molecule has 15 heavy (non-hydrogen) atoms. The molecule has 1 aliphatic carbocycles. The third-order valence-electron chi connectivity index (χ3n) is 2.39. The van der Waals surface area contributed by atoms with Crippen molar-refractivity contribution in [3.63, 3.8) is 0 Å². The van der Waals surface area contributed by atoms with Gasteiger partial charge in [-0.05, 0) is 12.8 Å². The van der Waals surface area contributed by atoms with Crippen LogP contribution in [0.25, 0.3) is 0 Å². The van der Waals surface area contributed by atoms with Crippen molar-refractivity contribution in [1.82, 2.24) is 4.98 Å². The molecule has 0 spiro atoms. The number of halogens is 3. The van der Waals surface area contributed by atoms with Crippen LogP contribution in [0.4, 0.5) is 13.2 Å². The molecule has 84 valence electrons. The lowest BCUT2D eigenvalue weighted by Gasteiger charge is -2.06. The van der Waals surface area contributed by atoms with Crippen LogP contribution in [0.1, 0.15) is 55.9 Å². The van der Waals surface area contributed by atoms with E-state index >= 15 is 0 Å². The van der Waals surface area contributed by atoms with E-state index in [-0.39, 0.29) is 23.5 Å². The minimum Gasteiger partial charge on any atom is -0.444 e. The monoisotopic (exact) mass is 219 g/mol. The van der Waals surface area contributed by atoms with Crippen LogP contribution in [0.3, 0.4) is 0 Å². The molecule has 0 aromatic carbocycles. The summed E-state index contributed by atoms with van der Waals surface area (Å²) < 4.78 is 42.9. The number of hydrogen-bond acceptors (Lipinski definition) is 2. The predicted octanol–water partition coefficient (Wildman–Crippen LogP) is 3.69. The highest BCUT2D eigenvalue weighted by atomic mass is 19.4. The highest BCUT2D eigenvalue weighted by Crippen LogP contribution is 2.43. The number of rotatable bonds is 2. The van der Waals surface area contributed by atoms with E-state index in [9.17, 15) is 13.2 Å². The molecular formula is C10H12F3NO. The SMILES string of the molecule is CC(C)c1oc(C2CC2)nc1C(F)(F)F. The lowest BCUT2D eigenvalue weighted by molar-refractivity contribution is -0.142. The molecule has 2 rings (SSSR count). The maximum atomic E-state index is 12.6. The Bertz CT molecular complexity index is 363. The molecule has 0 radical (unpaired) electrons. The molecule has 0 bridgehead atoms. The number of oxazole rings is 1. The first kappa shape index (κ1) is 10.5. The number of nitrogens with zero attached hydrogens (tertiary/aromatic N) is 1. The van der Waals surface area contributed by atoms with Gasteiger partial charge in [0, 0.05) is 11.8 Å². The molecule has 1 fully saturated rings. The summed E-state index contributed by atoms with van der Waals surface area (Å²) in [5.41, 5.74) is -0.848. The van der Waals surface area contributed by atoms with Crippen molar-refractivity contribution in [2.45, 2.75) is 44.7 Å². The first-order valence-electron chi connectivity index (χ1n) is 4.97. The summed E-state index contributed by atoms with van der Waals surface area (Å²) in [6.45, 7) is 3.35. The van der Waals surface area contributed by atoms with Gasteiger partial charge in [0.25, 0.3) is 0 Å². The Labute approximate surface area is 85.5 Å². The predicted molar refractivity (Wildman–Crippen MR) is 47.6 cm³/mol. The first-order valence-corrected chi connectivity index (χ1v) is 4.97. The maximum Gasteiger partial charge on any atom is 0.436 e. The normalized spacial score (nSPS) is 17.5. The highest BCUT2D eigenvalue weighted by molar-refractivity contribution is 5.19. The van der Waals surface area contributed by atoms with Crippen LogP contribution in [0.2, 0.25) is 0 Å². The average molecular weight is 219 g/mol.